The van der Waals surface area contributed by atoms with Crippen LogP contribution in [0.25, 0.3) is 0 Å². The molecule has 3 nitrogen and oxygen atoms in total. The predicted molar refractivity (Wildman–Crippen MR) is 74.2 cm³/mol. The number of pyridine rings is 1. The standard InChI is InChI=1S/C14H21ClN2O/c1-11-7-14(18-2)8-13(16-11)10-17-6-4-12(9-17)3-5-15/h7-8,12H,3-6,9-10H2,1-2H3. The maximum Gasteiger partial charge on any atom is 0.122 e. The van der Waals surface area contributed by atoms with Crippen LogP contribution in [0.1, 0.15) is 24.2 Å². The summed E-state index contributed by atoms with van der Waals surface area (Å²) in [5.41, 5.74) is 2.11. The van der Waals surface area contributed by atoms with Gasteiger partial charge in [0.15, 0.2) is 0 Å². The summed E-state index contributed by atoms with van der Waals surface area (Å²) in [5, 5.41) is 0. The third-order valence-electron chi connectivity index (χ3n) is 3.49. The van der Waals surface area contributed by atoms with Crippen molar-refractivity contribution in [2.75, 3.05) is 26.1 Å². The Morgan fingerprint density at radius 3 is 3.06 bits per heavy atom. The summed E-state index contributed by atoms with van der Waals surface area (Å²) in [6.45, 7) is 5.22. The summed E-state index contributed by atoms with van der Waals surface area (Å²) in [6, 6.07) is 3.99. The van der Waals surface area contributed by atoms with Crippen LogP contribution in [0.4, 0.5) is 0 Å². The van der Waals surface area contributed by atoms with Crippen molar-refractivity contribution in [2.45, 2.75) is 26.3 Å². The number of hydrogen-bond donors (Lipinski definition) is 0. The van der Waals surface area contributed by atoms with Crippen molar-refractivity contribution in [3.8, 4) is 5.75 Å². The molecule has 0 radical (unpaired) electrons. The minimum atomic E-state index is 0.759. The number of ether oxygens (including phenoxy) is 1. The third kappa shape index (κ3) is 3.59. The largest absolute Gasteiger partial charge is 0.497 e. The molecular formula is C14H21ClN2O. The van der Waals surface area contributed by atoms with Gasteiger partial charge in [0.1, 0.15) is 5.75 Å². The minimum absolute atomic E-state index is 0.759. The second-order valence-electron chi connectivity index (χ2n) is 5.01. The Bertz CT molecular complexity index is 397. The highest BCUT2D eigenvalue weighted by Crippen LogP contribution is 2.22. The first-order valence-corrected chi connectivity index (χ1v) is 7.04. The van der Waals surface area contributed by atoms with Crippen LogP contribution in [0.5, 0.6) is 5.75 Å². The number of alkyl halides is 1. The fourth-order valence-electron chi connectivity index (χ4n) is 2.58. The summed E-state index contributed by atoms with van der Waals surface area (Å²) >= 11 is 5.80. The highest BCUT2D eigenvalue weighted by Gasteiger charge is 2.22. The molecule has 0 saturated carbocycles. The van der Waals surface area contributed by atoms with E-state index >= 15 is 0 Å². The Morgan fingerprint density at radius 1 is 1.50 bits per heavy atom. The normalized spacial score (nSPS) is 20.3. The molecule has 0 N–H and O–H groups in total. The van der Waals surface area contributed by atoms with E-state index in [2.05, 4.69) is 9.88 Å². The first-order chi connectivity index (χ1) is 8.71. The number of halogens is 1. The van der Waals surface area contributed by atoms with Crippen LogP contribution >= 0.6 is 11.6 Å². The fraction of sp³-hybridized carbons (Fsp3) is 0.643. The van der Waals surface area contributed by atoms with Crippen LogP contribution in [0, 0.1) is 12.8 Å². The molecule has 0 bridgehead atoms. The number of hydrogen-bond acceptors (Lipinski definition) is 3. The van der Waals surface area contributed by atoms with E-state index in [4.69, 9.17) is 16.3 Å². The van der Waals surface area contributed by atoms with Gasteiger partial charge in [0.05, 0.1) is 12.8 Å². The van der Waals surface area contributed by atoms with Gasteiger partial charge in [-0.3, -0.25) is 9.88 Å². The van der Waals surface area contributed by atoms with Gasteiger partial charge in [-0.1, -0.05) is 0 Å². The van der Waals surface area contributed by atoms with Gasteiger partial charge in [-0.2, -0.15) is 0 Å². The number of aryl methyl sites for hydroxylation is 1. The van der Waals surface area contributed by atoms with Gasteiger partial charge in [0.2, 0.25) is 0 Å². The smallest absolute Gasteiger partial charge is 0.122 e. The van der Waals surface area contributed by atoms with Crippen molar-refractivity contribution in [3.05, 3.63) is 23.5 Å². The SMILES string of the molecule is COc1cc(C)nc(CN2CCC(CCCl)C2)c1. The molecule has 0 spiro atoms. The molecule has 2 heterocycles. The summed E-state index contributed by atoms with van der Waals surface area (Å²) in [4.78, 5) is 7.03. The second kappa shape index (κ2) is 6.39. The molecule has 1 saturated heterocycles. The van der Waals surface area contributed by atoms with Crippen molar-refractivity contribution in [3.63, 3.8) is 0 Å². The maximum atomic E-state index is 5.80. The molecule has 100 valence electrons. The molecule has 4 heteroatoms. The van der Waals surface area contributed by atoms with E-state index < -0.39 is 0 Å². The Kier molecular flexibility index (Phi) is 4.84. The van der Waals surface area contributed by atoms with Gasteiger partial charge >= 0.3 is 0 Å². The molecular weight excluding hydrogens is 248 g/mol. The lowest BCUT2D eigenvalue weighted by Crippen LogP contribution is -2.21. The molecule has 0 aromatic carbocycles. The van der Waals surface area contributed by atoms with Crippen LogP contribution in [0.15, 0.2) is 12.1 Å². The van der Waals surface area contributed by atoms with Gasteiger partial charge in [-0.15, -0.1) is 11.6 Å². The van der Waals surface area contributed by atoms with Gasteiger partial charge in [-0.25, -0.2) is 0 Å². The predicted octanol–water partition coefficient (Wildman–Crippen LogP) is 2.85. The van der Waals surface area contributed by atoms with Crippen LogP contribution in [0.2, 0.25) is 0 Å². The second-order valence-corrected chi connectivity index (χ2v) is 5.39. The lowest BCUT2D eigenvalue weighted by Gasteiger charge is -2.16. The molecule has 1 aliphatic rings. The highest BCUT2D eigenvalue weighted by atomic mass is 35.5. The lowest BCUT2D eigenvalue weighted by molar-refractivity contribution is 0.310. The monoisotopic (exact) mass is 268 g/mol. The zero-order valence-electron chi connectivity index (χ0n) is 11.2. The maximum absolute atomic E-state index is 5.80. The topological polar surface area (TPSA) is 25.4 Å². The van der Waals surface area contributed by atoms with Gasteiger partial charge in [0, 0.05) is 36.8 Å². The molecule has 18 heavy (non-hydrogen) atoms. The molecule has 1 unspecified atom stereocenters. The molecule has 1 aliphatic heterocycles. The molecule has 1 atom stereocenters. The quantitative estimate of drug-likeness (QED) is 0.768. The first-order valence-electron chi connectivity index (χ1n) is 6.51. The zero-order chi connectivity index (χ0) is 13.0. The average molecular weight is 269 g/mol. The molecule has 0 amide bonds. The number of rotatable bonds is 5. The molecule has 1 aromatic rings. The molecule has 0 aliphatic carbocycles. The van der Waals surface area contributed by atoms with Gasteiger partial charge in [-0.05, 0) is 32.2 Å². The Balaban J connectivity index is 1.95. The van der Waals surface area contributed by atoms with E-state index in [1.165, 1.54) is 6.42 Å². The number of aromatic nitrogens is 1. The Hall–Kier alpha value is -0.800. The minimum Gasteiger partial charge on any atom is -0.497 e. The van der Waals surface area contributed by atoms with Crippen molar-refractivity contribution in [2.24, 2.45) is 5.92 Å². The Labute approximate surface area is 114 Å². The van der Waals surface area contributed by atoms with Crippen LogP contribution < -0.4 is 4.74 Å². The van der Waals surface area contributed by atoms with Crippen LogP contribution in [-0.2, 0) is 6.54 Å². The third-order valence-corrected chi connectivity index (χ3v) is 3.71. The zero-order valence-corrected chi connectivity index (χ0v) is 11.9. The first kappa shape index (κ1) is 13.6. The summed E-state index contributed by atoms with van der Waals surface area (Å²) in [5.74, 6) is 2.43. The van der Waals surface area contributed by atoms with E-state index in [1.54, 1.807) is 7.11 Å². The molecule has 2 rings (SSSR count). The van der Waals surface area contributed by atoms with Crippen molar-refractivity contribution in [1.82, 2.24) is 9.88 Å². The summed E-state index contributed by atoms with van der Waals surface area (Å²) < 4.78 is 5.28. The molecule has 1 fully saturated rings. The number of nitrogens with zero attached hydrogens (tertiary/aromatic N) is 2. The summed E-state index contributed by atoms with van der Waals surface area (Å²) in [7, 11) is 1.70. The average Bonchev–Trinajstić information content (AvgIpc) is 2.76. The van der Waals surface area contributed by atoms with Gasteiger partial charge in [0.25, 0.3) is 0 Å². The van der Waals surface area contributed by atoms with E-state index in [-0.39, 0.29) is 0 Å². The van der Waals surface area contributed by atoms with Crippen molar-refractivity contribution >= 4 is 11.6 Å². The van der Waals surface area contributed by atoms with E-state index in [9.17, 15) is 0 Å². The van der Waals surface area contributed by atoms with Crippen molar-refractivity contribution < 1.29 is 4.74 Å². The number of likely N-dealkylation sites (tertiary alicyclic amines) is 1. The van der Waals surface area contributed by atoms with Crippen LogP contribution in [-0.4, -0.2) is 36.0 Å². The molecule has 1 aromatic heterocycles. The van der Waals surface area contributed by atoms with E-state index in [0.29, 0.717) is 0 Å². The highest BCUT2D eigenvalue weighted by molar-refractivity contribution is 6.17. The lowest BCUT2D eigenvalue weighted by atomic mass is 10.1. The number of methoxy groups -OCH3 is 1. The van der Waals surface area contributed by atoms with E-state index in [1.807, 2.05) is 19.1 Å². The summed E-state index contributed by atoms with van der Waals surface area (Å²) in [6.07, 6.45) is 2.39. The van der Waals surface area contributed by atoms with E-state index in [0.717, 1.165) is 55.0 Å². The fourth-order valence-corrected chi connectivity index (χ4v) is 2.89. The Morgan fingerprint density at radius 2 is 2.33 bits per heavy atom. The van der Waals surface area contributed by atoms with Crippen LogP contribution in [0.3, 0.4) is 0 Å². The van der Waals surface area contributed by atoms with Crippen molar-refractivity contribution in [1.29, 1.82) is 0 Å². The van der Waals surface area contributed by atoms with Gasteiger partial charge < -0.3 is 4.74 Å².